The third-order valence-electron chi connectivity index (χ3n) is 5.64. The van der Waals surface area contributed by atoms with E-state index >= 15 is 0 Å². The monoisotopic (exact) mass is 287 g/mol. The summed E-state index contributed by atoms with van der Waals surface area (Å²) in [7, 11) is 2.20. The minimum atomic E-state index is -0.614. The maximum Gasteiger partial charge on any atom is 0.0927 e. The van der Waals surface area contributed by atoms with E-state index in [1.807, 2.05) is 6.07 Å². The van der Waals surface area contributed by atoms with E-state index in [1.165, 1.54) is 45.1 Å². The highest BCUT2D eigenvalue weighted by atomic mass is 16.3. The topological polar surface area (TPSA) is 23.5 Å². The van der Waals surface area contributed by atoms with Gasteiger partial charge in [-0.25, -0.2) is 0 Å². The van der Waals surface area contributed by atoms with Crippen LogP contribution in [0.15, 0.2) is 30.3 Å². The van der Waals surface area contributed by atoms with Gasteiger partial charge in [0, 0.05) is 6.54 Å². The van der Waals surface area contributed by atoms with Crippen molar-refractivity contribution in [2.24, 2.45) is 11.8 Å². The van der Waals surface area contributed by atoms with E-state index in [0.29, 0.717) is 11.8 Å². The molecule has 116 valence electrons. The summed E-state index contributed by atoms with van der Waals surface area (Å²) in [6, 6.07) is 10.5. The molecule has 1 aliphatic heterocycles. The zero-order valence-corrected chi connectivity index (χ0v) is 13.3. The maximum atomic E-state index is 11.6. The lowest BCUT2D eigenvalue weighted by Crippen LogP contribution is -2.38. The summed E-state index contributed by atoms with van der Waals surface area (Å²) in [6.45, 7) is 2.32. The number of rotatable bonds is 4. The Labute approximate surface area is 129 Å². The van der Waals surface area contributed by atoms with Crippen LogP contribution in [0.3, 0.4) is 0 Å². The van der Waals surface area contributed by atoms with Crippen molar-refractivity contribution in [1.82, 2.24) is 4.90 Å². The first-order valence-electron chi connectivity index (χ1n) is 8.65. The second-order valence-corrected chi connectivity index (χ2v) is 7.25. The standard InChI is InChI=1S/C19H29NO/c1-20-13-12-16(15-20)14-19(21,17-8-4-2-5-9-17)18-10-6-3-7-11-18/h2,4-5,8-9,16,18,21H,3,6-7,10-15H2,1H3/t16-,19+/m0/s1. The zero-order valence-electron chi connectivity index (χ0n) is 13.3. The molecule has 2 atom stereocenters. The van der Waals surface area contributed by atoms with Crippen LogP contribution >= 0.6 is 0 Å². The predicted molar refractivity (Wildman–Crippen MR) is 87.1 cm³/mol. The van der Waals surface area contributed by atoms with Gasteiger partial charge in [0.15, 0.2) is 0 Å². The average molecular weight is 287 g/mol. The first-order chi connectivity index (χ1) is 10.2. The van der Waals surface area contributed by atoms with Gasteiger partial charge in [0.1, 0.15) is 0 Å². The second-order valence-electron chi connectivity index (χ2n) is 7.25. The van der Waals surface area contributed by atoms with Crippen LogP contribution in [0.25, 0.3) is 0 Å². The lowest BCUT2D eigenvalue weighted by molar-refractivity contribution is -0.0572. The fourth-order valence-electron chi connectivity index (χ4n) is 4.46. The SMILES string of the molecule is CN1CC[C@@H](C[C@@](O)(c2ccccc2)C2CCCCC2)C1. The van der Waals surface area contributed by atoms with Crippen molar-refractivity contribution in [2.75, 3.05) is 20.1 Å². The predicted octanol–water partition coefficient (Wildman–Crippen LogP) is 3.80. The lowest BCUT2D eigenvalue weighted by atomic mass is 9.69. The highest BCUT2D eigenvalue weighted by Crippen LogP contribution is 2.44. The Morgan fingerprint density at radius 2 is 1.81 bits per heavy atom. The number of hydrogen-bond donors (Lipinski definition) is 1. The van der Waals surface area contributed by atoms with Crippen molar-refractivity contribution in [2.45, 2.75) is 50.5 Å². The van der Waals surface area contributed by atoms with Gasteiger partial charge in [0.05, 0.1) is 5.60 Å². The van der Waals surface area contributed by atoms with E-state index < -0.39 is 5.60 Å². The zero-order chi connectivity index (χ0) is 14.7. The molecule has 0 unspecified atom stereocenters. The van der Waals surface area contributed by atoms with Crippen LogP contribution in [0, 0.1) is 11.8 Å². The molecule has 0 amide bonds. The molecule has 1 aromatic carbocycles. The van der Waals surface area contributed by atoms with Crippen molar-refractivity contribution in [1.29, 1.82) is 0 Å². The van der Waals surface area contributed by atoms with E-state index in [0.717, 1.165) is 18.5 Å². The van der Waals surface area contributed by atoms with Crippen LogP contribution in [-0.4, -0.2) is 30.1 Å². The van der Waals surface area contributed by atoms with Crippen molar-refractivity contribution in [3.63, 3.8) is 0 Å². The van der Waals surface area contributed by atoms with Crippen molar-refractivity contribution in [3.8, 4) is 0 Å². The molecular formula is C19H29NO. The number of hydrogen-bond acceptors (Lipinski definition) is 2. The van der Waals surface area contributed by atoms with Crippen molar-refractivity contribution >= 4 is 0 Å². The molecule has 21 heavy (non-hydrogen) atoms. The minimum Gasteiger partial charge on any atom is -0.385 e. The fraction of sp³-hybridized carbons (Fsp3) is 0.684. The van der Waals surface area contributed by atoms with Crippen LogP contribution in [-0.2, 0) is 5.60 Å². The van der Waals surface area contributed by atoms with Gasteiger partial charge in [-0.15, -0.1) is 0 Å². The van der Waals surface area contributed by atoms with E-state index in [9.17, 15) is 5.11 Å². The Bertz CT molecular complexity index is 440. The van der Waals surface area contributed by atoms with Gasteiger partial charge in [-0.1, -0.05) is 49.6 Å². The normalized spacial score (nSPS) is 27.6. The van der Waals surface area contributed by atoms with Gasteiger partial charge < -0.3 is 10.0 Å². The molecular weight excluding hydrogens is 258 g/mol. The Balaban J connectivity index is 1.83. The molecule has 2 nitrogen and oxygen atoms in total. The fourth-order valence-corrected chi connectivity index (χ4v) is 4.46. The molecule has 0 aromatic heterocycles. The highest BCUT2D eigenvalue weighted by molar-refractivity contribution is 5.24. The lowest BCUT2D eigenvalue weighted by Gasteiger charge is -2.40. The van der Waals surface area contributed by atoms with E-state index in [2.05, 4.69) is 36.2 Å². The third-order valence-corrected chi connectivity index (χ3v) is 5.64. The van der Waals surface area contributed by atoms with Gasteiger partial charge in [-0.3, -0.25) is 0 Å². The summed E-state index contributed by atoms with van der Waals surface area (Å²) >= 11 is 0. The highest BCUT2D eigenvalue weighted by Gasteiger charge is 2.41. The molecule has 2 heteroatoms. The molecule has 1 saturated heterocycles. The first-order valence-corrected chi connectivity index (χ1v) is 8.65. The number of nitrogens with zero attached hydrogens (tertiary/aromatic N) is 1. The van der Waals surface area contributed by atoms with E-state index in [4.69, 9.17) is 0 Å². The summed E-state index contributed by atoms with van der Waals surface area (Å²) in [5.41, 5.74) is 0.531. The average Bonchev–Trinajstić information content (AvgIpc) is 2.94. The second kappa shape index (κ2) is 6.50. The third kappa shape index (κ3) is 3.32. The largest absolute Gasteiger partial charge is 0.385 e. The smallest absolute Gasteiger partial charge is 0.0927 e. The van der Waals surface area contributed by atoms with Crippen LogP contribution in [0.5, 0.6) is 0 Å². The van der Waals surface area contributed by atoms with Crippen LogP contribution in [0.1, 0.15) is 50.5 Å². The van der Waals surface area contributed by atoms with Gasteiger partial charge in [0.2, 0.25) is 0 Å². The van der Waals surface area contributed by atoms with E-state index in [-0.39, 0.29) is 0 Å². The molecule has 2 fully saturated rings. The number of benzene rings is 1. The maximum absolute atomic E-state index is 11.6. The van der Waals surface area contributed by atoms with Crippen LogP contribution in [0.4, 0.5) is 0 Å². The number of aliphatic hydroxyl groups is 1. The molecule has 0 spiro atoms. The Morgan fingerprint density at radius 1 is 1.10 bits per heavy atom. The number of likely N-dealkylation sites (tertiary alicyclic amines) is 1. The molecule has 3 rings (SSSR count). The van der Waals surface area contributed by atoms with Gasteiger partial charge in [-0.2, -0.15) is 0 Å². The van der Waals surface area contributed by atoms with Crippen LogP contribution < -0.4 is 0 Å². The van der Waals surface area contributed by atoms with Gasteiger partial charge in [0.25, 0.3) is 0 Å². The summed E-state index contributed by atoms with van der Waals surface area (Å²) in [5.74, 6) is 1.08. The summed E-state index contributed by atoms with van der Waals surface area (Å²) < 4.78 is 0. The molecule has 1 saturated carbocycles. The molecule has 1 heterocycles. The Kier molecular flexibility index (Phi) is 4.66. The molecule has 1 aliphatic carbocycles. The summed E-state index contributed by atoms with van der Waals surface area (Å²) in [5, 5.41) is 11.6. The summed E-state index contributed by atoms with van der Waals surface area (Å²) in [4.78, 5) is 2.40. The quantitative estimate of drug-likeness (QED) is 0.910. The molecule has 0 bridgehead atoms. The van der Waals surface area contributed by atoms with Crippen molar-refractivity contribution in [3.05, 3.63) is 35.9 Å². The molecule has 1 aromatic rings. The molecule has 2 aliphatic rings. The van der Waals surface area contributed by atoms with Crippen molar-refractivity contribution < 1.29 is 5.11 Å². The van der Waals surface area contributed by atoms with Crippen LogP contribution in [0.2, 0.25) is 0 Å². The van der Waals surface area contributed by atoms with Gasteiger partial charge >= 0.3 is 0 Å². The molecule has 0 radical (unpaired) electrons. The van der Waals surface area contributed by atoms with E-state index in [1.54, 1.807) is 0 Å². The van der Waals surface area contributed by atoms with Gasteiger partial charge in [-0.05, 0) is 56.7 Å². The Hall–Kier alpha value is -0.860. The Morgan fingerprint density at radius 3 is 2.43 bits per heavy atom. The summed E-state index contributed by atoms with van der Waals surface area (Å²) in [6.07, 6.45) is 8.45. The first kappa shape index (κ1) is 15.1. The molecule has 1 N–H and O–H groups in total. The minimum absolute atomic E-state index is 0.444.